The van der Waals surface area contributed by atoms with Crippen LogP contribution >= 0.6 is 0 Å². The van der Waals surface area contributed by atoms with Gasteiger partial charge >= 0.3 is 0 Å². The number of hydrogen-bond acceptors (Lipinski definition) is 5. The minimum atomic E-state index is -0.301. The van der Waals surface area contributed by atoms with Crippen molar-refractivity contribution in [1.29, 1.82) is 0 Å². The molecule has 0 unspecified atom stereocenters. The minimum Gasteiger partial charge on any atom is -0.497 e. The Morgan fingerprint density at radius 3 is 2.53 bits per heavy atom. The van der Waals surface area contributed by atoms with Gasteiger partial charge in [0.25, 0.3) is 5.91 Å². The van der Waals surface area contributed by atoms with Crippen LogP contribution in [-0.2, 0) is 0 Å². The van der Waals surface area contributed by atoms with Gasteiger partial charge in [-0.05, 0) is 42.5 Å². The number of carbonyl (C=O) groups is 1. The zero-order valence-electron chi connectivity index (χ0n) is 16.6. The van der Waals surface area contributed by atoms with Crippen LogP contribution in [0.5, 0.6) is 11.5 Å². The highest BCUT2D eigenvalue weighted by Gasteiger charge is 2.22. The van der Waals surface area contributed by atoms with Crippen molar-refractivity contribution in [1.82, 2.24) is 14.8 Å². The predicted molar refractivity (Wildman–Crippen MR) is 114 cm³/mol. The molecule has 30 heavy (non-hydrogen) atoms. The van der Waals surface area contributed by atoms with Gasteiger partial charge < -0.3 is 14.8 Å². The molecule has 1 amide bonds. The molecule has 150 valence electrons. The van der Waals surface area contributed by atoms with Gasteiger partial charge in [-0.15, -0.1) is 0 Å². The molecule has 0 spiro atoms. The number of hydrogen-bond donors (Lipinski definition) is 1. The lowest BCUT2D eigenvalue weighted by atomic mass is 10.1. The van der Waals surface area contributed by atoms with Gasteiger partial charge in [-0.3, -0.25) is 9.78 Å². The average molecular weight is 400 g/mol. The van der Waals surface area contributed by atoms with Crippen molar-refractivity contribution in [3.05, 3.63) is 84.8 Å². The maximum Gasteiger partial charge on any atom is 0.259 e. The van der Waals surface area contributed by atoms with Gasteiger partial charge in [0.2, 0.25) is 0 Å². The number of nitrogens with zero attached hydrogens (tertiary/aromatic N) is 3. The summed E-state index contributed by atoms with van der Waals surface area (Å²) in [5, 5.41) is 7.57. The quantitative estimate of drug-likeness (QED) is 0.525. The standard InChI is InChI=1S/C23H20N4O3/c1-29-18-10-11-21(30-2)19(13-18)22-20(23(28)25-16-7-6-12-24-14-16)15-27(26-22)17-8-4-3-5-9-17/h3-15H,1-2H3,(H,25,28). The fourth-order valence-corrected chi connectivity index (χ4v) is 3.09. The van der Waals surface area contributed by atoms with E-state index in [0.29, 0.717) is 34.0 Å². The van der Waals surface area contributed by atoms with E-state index in [4.69, 9.17) is 14.6 Å². The first-order chi connectivity index (χ1) is 14.7. The van der Waals surface area contributed by atoms with Gasteiger partial charge in [0, 0.05) is 18.0 Å². The highest BCUT2D eigenvalue weighted by Crippen LogP contribution is 2.35. The molecule has 0 atom stereocenters. The Kier molecular flexibility index (Phi) is 5.43. The van der Waals surface area contributed by atoms with Crippen LogP contribution in [0.4, 0.5) is 5.69 Å². The molecule has 0 radical (unpaired) electrons. The molecule has 0 aliphatic carbocycles. The van der Waals surface area contributed by atoms with E-state index < -0.39 is 0 Å². The molecule has 2 aromatic carbocycles. The van der Waals surface area contributed by atoms with E-state index in [9.17, 15) is 4.79 Å². The molecular weight excluding hydrogens is 380 g/mol. The molecule has 7 nitrogen and oxygen atoms in total. The third-order valence-electron chi connectivity index (χ3n) is 4.56. The second kappa shape index (κ2) is 8.48. The summed E-state index contributed by atoms with van der Waals surface area (Å²) in [4.78, 5) is 17.2. The number of pyridine rings is 1. The summed E-state index contributed by atoms with van der Waals surface area (Å²) in [6.07, 6.45) is 4.94. The fourth-order valence-electron chi connectivity index (χ4n) is 3.09. The van der Waals surface area contributed by atoms with E-state index in [1.807, 2.05) is 30.3 Å². The van der Waals surface area contributed by atoms with Gasteiger partial charge in [0.1, 0.15) is 17.2 Å². The number of ether oxygens (including phenoxy) is 2. The van der Waals surface area contributed by atoms with Crippen molar-refractivity contribution in [2.75, 3.05) is 19.5 Å². The van der Waals surface area contributed by atoms with Crippen LogP contribution in [0.1, 0.15) is 10.4 Å². The lowest BCUT2D eigenvalue weighted by molar-refractivity contribution is 0.102. The van der Waals surface area contributed by atoms with Crippen LogP contribution in [0.3, 0.4) is 0 Å². The fraction of sp³-hybridized carbons (Fsp3) is 0.0870. The van der Waals surface area contributed by atoms with E-state index >= 15 is 0 Å². The Morgan fingerprint density at radius 1 is 1.00 bits per heavy atom. The van der Waals surface area contributed by atoms with E-state index in [1.165, 1.54) is 0 Å². The molecule has 2 aromatic heterocycles. The molecule has 1 N–H and O–H groups in total. The van der Waals surface area contributed by atoms with Gasteiger partial charge in [0.05, 0.1) is 37.4 Å². The molecular formula is C23H20N4O3. The predicted octanol–water partition coefficient (Wildman–Crippen LogP) is 4.20. The molecule has 2 heterocycles. The number of benzene rings is 2. The molecule has 7 heteroatoms. The smallest absolute Gasteiger partial charge is 0.259 e. The third-order valence-corrected chi connectivity index (χ3v) is 4.56. The van der Waals surface area contributed by atoms with Crippen LogP contribution in [-0.4, -0.2) is 34.9 Å². The summed E-state index contributed by atoms with van der Waals surface area (Å²) >= 11 is 0. The largest absolute Gasteiger partial charge is 0.497 e. The van der Waals surface area contributed by atoms with Crippen molar-refractivity contribution in [2.24, 2.45) is 0 Å². The van der Waals surface area contributed by atoms with Crippen LogP contribution < -0.4 is 14.8 Å². The molecule has 0 aliphatic heterocycles. The molecule has 0 fully saturated rings. The van der Waals surface area contributed by atoms with Crippen molar-refractivity contribution >= 4 is 11.6 Å². The summed E-state index contributed by atoms with van der Waals surface area (Å²) in [7, 11) is 3.17. The van der Waals surface area contributed by atoms with Gasteiger partial charge in [0.15, 0.2) is 0 Å². The molecule has 4 rings (SSSR count). The Hall–Kier alpha value is -4.13. The first kappa shape index (κ1) is 19.2. The first-order valence-corrected chi connectivity index (χ1v) is 9.28. The third kappa shape index (κ3) is 3.86. The molecule has 0 saturated carbocycles. The van der Waals surface area contributed by atoms with Gasteiger partial charge in [-0.2, -0.15) is 5.10 Å². The molecule has 0 bridgehead atoms. The number of rotatable bonds is 6. The number of anilines is 1. The summed E-state index contributed by atoms with van der Waals surface area (Å²) in [6, 6.07) is 18.5. The summed E-state index contributed by atoms with van der Waals surface area (Å²) in [6.45, 7) is 0. The zero-order valence-corrected chi connectivity index (χ0v) is 16.6. The Balaban J connectivity index is 1.84. The number of nitrogens with one attached hydrogen (secondary N) is 1. The maximum absolute atomic E-state index is 13.1. The van der Waals surface area contributed by atoms with Crippen LogP contribution in [0.2, 0.25) is 0 Å². The Labute approximate surface area is 173 Å². The second-order valence-corrected chi connectivity index (χ2v) is 6.43. The highest BCUT2D eigenvalue weighted by atomic mass is 16.5. The number of amides is 1. The number of para-hydroxylation sites is 1. The van der Waals surface area contributed by atoms with E-state index in [-0.39, 0.29) is 5.91 Å². The first-order valence-electron chi connectivity index (χ1n) is 9.28. The minimum absolute atomic E-state index is 0.301. The average Bonchev–Trinajstić information content (AvgIpc) is 3.25. The summed E-state index contributed by atoms with van der Waals surface area (Å²) in [5.74, 6) is 0.924. The van der Waals surface area contributed by atoms with E-state index in [2.05, 4.69) is 10.3 Å². The number of carbonyl (C=O) groups excluding carboxylic acids is 1. The van der Waals surface area contributed by atoms with Crippen LogP contribution in [0.15, 0.2) is 79.3 Å². The topological polar surface area (TPSA) is 78.3 Å². The molecule has 4 aromatic rings. The highest BCUT2D eigenvalue weighted by molar-refractivity contribution is 6.08. The van der Waals surface area contributed by atoms with Gasteiger partial charge in [-0.25, -0.2) is 4.68 Å². The van der Waals surface area contributed by atoms with Crippen LogP contribution in [0.25, 0.3) is 16.9 Å². The normalized spacial score (nSPS) is 10.5. The monoisotopic (exact) mass is 400 g/mol. The maximum atomic E-state index is 13.1. The lowest BCUT2D eigenvalue weighted by Gasteiger charge is -2.10. The number of methoxy groups -OCH3 is 2. The SMILES string of the molecule is COc1ccc(OC)c(-c2nn(-c3ccccc3)cc2C(=O)Nc2cccnc2)c1. The lowest BCUT2D eigenvalue weighted by Crippen LogP contribution is -2.12. The van der Waals surface area contributed by atoms with Crippen molar-refractivity contribution in [2.45, 2.75) is 0 Å². The molecule has 0 saturated heterocycles. The summed E-state index contributed by atoms with van der Waals surface area (Å²) in [5.41, 5.74) is 2.97. The van der Waals surface area contributed by atoms with Crippen molar-refractivity contribution < 1.29 is 14.3 Å². The van der Waals surface area contributed by atoms with Crippen molar-refractivity contribution in [3.63, 3.8) is 0 Å². The molecule has 0 aliphatic rings. The van der Waals surface area contributed by atoms with Gasteiger partial charge in [-0.1, -0.05) is 18.2 Å². The second-order valence-electron chi connectivity index (χ2n) is 6.43. The van der Waals surface area contributed by atoms with Crippen molar-refractivity contribution in [3.8, 4) is 28.4 Å². The van der Waals surface area contributed by atoms with E-state index in [1.54, 1.807) is 67.8 Å². The summed E-state index contributed by atoms with van der Waals surface area (Å²) < 4.78 is 12.6. The Bertz CT molecular complexity index is 1160. The number of aromatic nitrogens is 3. The van der Waals surface area contributed by atoms with E-state index in [0.717, 1.165) is 5.69 Å². The zero-order chi connectivity index (χ0) is 20.9. The van der Waals surface area contributed by atoms with Crippen LogP contribution in [0, 0.1) is 0 Å². The Morgan fingerprint density at radius 2 is 1.83 bits per heavy atom.